The quantitative estimate of drug-likeness (QED) is 0.832. The van der Waals surface area contributed by atoms with E-state index in [1.54, 1.807) is 0 Å². The summed E-state index contributed by atoms with van der Waals surface area (Å²) in [6, 6.07) is 13.7. The first-order valence-electron chi connectivity index (χ1n) is 8.78. The van der Waals surface area contributed by atoms with Gasteiger partial charge < -0.3 is 10.4 Å². The van der Waals surface area contributed by atoms with Gasteiger partial charge in [-0.25, -0.2) is 0 Å². The smallest absolute Gasteiger partial charge is 0.247 e. The van der Waals surface area contributed by atoms with Crippen LogP contribution in [0, 0.1) is 18.3 Å². The molecule has 2 aromatic carbocycles. The van der Waals surface area contributed by atoms with E-state index in [0.717, 1.165) is 58.3 Å². The number of nitrogens with one attached hydrogen (secondary N) is 1. The second kappa shape index (κ2) is 7.55. The van der Waals surface area contributed by atoms with Gasteiger partial charge >= 0.3 is 0 Å². The van der Waals surface area contributed by atoms with Crippen molar-refractivity contribution in [2.75, 3.05) is 6.54 Å². The number of nitrogens with zero attached hydrogens (tertiary/aromatic N) is 1. The first-order valence-corrected chi connectivity index (χ1v) is 8.78. The molecule has 4 heteroatoms. The van der Waals surface area contributed by atoms with Crippen LogP contribution in [0.4, 0.5) is 0 Å². The monoisotopic (exact) mass is 346 g/mol. The third kappa shape index (κ3) is 3.40. The van der Waals surface area contributed by atoms with Crippen molar-refractivity contribution >= 4 is 11.5 Å². The predicted molar refractivity (Wildman–Crippen MR) is 102 cm³/mol. The molecule has 2 N–H and O–H groups in total. The molecule has 1 aliphatic rings. The standard InChI is InChI=1S/C22H22N2O2/c1-14(19-4-3-9-24-22(19)26)20-10-17(12-23)11-21(15(20)2)18-7-5-16(13-25)6-8-18/h5-8,10-11,25H,3-4,9,13H2,1-2H3,(H,24,26)/b19-14+. The van der Waals surface area contributed by atoms with E-state index in [-0.39, 0.29) is 12.5 Å². The van der Waals surface area contributed by atoms with Crippen LogP contribution < -0.4 is 5.32 Å². The van der Waals surface area contributed by atoms with E-state index in [2.05, 4.69) is 11.4 Å². The Labute approximate surface area is 153 Å². The van der Waals surface area contributed by atoms with Crippen LogP contribution in [0.25, 0.3) is 16.7 Å². The summed E-state index contributed by atoms with van der Waals surface area (Å²) in [5.74, 6) is -0.00985. The number of aliphatic hydroxyl groups is 1. The van der Waals surface area contributed by atoms with Gasteiger partial charge in [-0.2, -0.15) is 5.26 Å². The van der Waals surface area contributed by atoms with Crippen LogP contribution in [0.1, 0.15) is 42.0 Å². The van der Waals surface area contributed by atoms with E-state index in [9.17, 15) is 15.2 Å². The van der Waals surface area contributed by atoms with Gasteiger partial charge in [0.1, 0.15) is 0 Å². The van der Waals surface area contributed by atoms with Gasteiger partial charge in [0.15, 0.2) is 0 Å². The molecule has 26 heavy (non-hydrogen) atoms. The number of piperidine rings is 1. The minimum Gasteiger partial charge on any atom is -0.392 e. The molecular formula is C22H22N2O2. The van der Waals surface area contributed by atoms with E-state index in [1.165, 1.54) is 0 Å². The highest BCUT2D eigenvalue weighted by Crippen LogP contribution is 2.33. The number of aliphatic hydroxyl groups excluding tert-OH is 1. The number of nitriles is 1. The first-order chi connectivity index (χ1) is 12.5. The van der Waals surface area contributed by atoms with E-state index >= 15 is 0 Å². The largest absolute Gasteiger partial charge is 0.392 e. The highest BCUT2D eigenvalue weighted by atomic mass is 16.3. The molecule has 1 fully saturated rings. The summed E-state index contributed by atoms with van der Waals surface area (Å²) in [5.41, 5.74) is 7.11. The number of allylic oxidation sites excluding steroid dienone is 1. The highest BCUT2D eigenvalue weighted by molar-refractivity contribution is 6.02. The Kier molecular flexibility index (Phi) is 5.20. The van der Waals surface area contributed by atoms with E-state index in [1.807, 2.05) is 50.2 Å². The molecule has 1 amide bonds. The molecule has 2 aromatic rings. The summed E-state index contributed by atoms with van der Waals surface area (Å²) >= 11 is 0. The van der Waals surface area contributed by atoms with Crippen LogP contribution in [0.2, 0.25) is 0 Å². The van der Waals surface area contributed by atoms with Gasteiger partial charge in [-0.1, -0.05) is 24.3 Å². The molecule has 1 aliphatic heterocycles. The highest BCUT2D eigenvalue weighted by Gasteiger charge is 2.20. The maximum Gasteiger partial charge on any atom is 0.247 e. The van der Waals surface area contributed by atoms with E-state index in [4.69, 9.17) is 0 Å². The molecule has 132 valence electrons. The van der Waals surface area contributed by atoms with E-state index in [0.29, 0.717) is 5.56 Å². The number of carbonyl (C=O) groups is 1. The second-order valence-electron chi connectivity index (χ2n) is 6.63. The summed E-state index contributed by atoms with van der Waals surface area (Å²) in [6.07, 6.45) is 1.69. The van der Waals surface area contributed by atoms with Gasteiger partial charge in [-0.15, -0.1) is 0 Å². The summed E-state index contributed by atoms with van der Waals surface area (Å²) in [4.78, 5) is 12.2. The number of amides is 1. The topological polar surface area (TPSA) is 73.1 Å². The van der Waals surface area contributed by atoms with Gasteiger partial charge in [-0.05, 0) is 72.2 Å². The van der Waals surface area contributed by atoms with Gasteiger partial charge in [0.25, 0.3) is 0 Å². The second-order valence-corrected chi connectivity index (χ2v) is 6.63. The SMILES string of the molecule is C/C(=C1/CCCNC1=O)c1cc(C#N)cc(-c2ccc(CO)cc2)c1C. The molecular weight excluding hydrogens is 324 g/mol. The van der Waals surface area contributed by atoms with Gasteiger partial charge in [-0.3, -0.25) is 4.79 Å². The lowest BCUT2D eigenvalue weighted by molar-refractivity contribution is -0.118. The van der Waals surface area contributed by atoms with Gasteiger partial charge in [0, 0.05) is 12.1 Å². The third-order valence-corrected chi connectivity index (χ3v) is 5.00. The Hall–Kier alpha value is -2.90. The molecule has 3 rings (SSSR count). The van der Waals surface area contributed by atoms with Crippen molar-refractivity contribution in [3.8, 4) is 17.2 Å². The predicted octanol–water partition coefficient (Wildman–Crippen LogP) is 3.71. The fraction of sp³-hybridized carbons (Fsp3) is 0.273. The van der Waals surface area contributed by atoms with Crippen molar-refractivity contribution < 1.29 is 9.90 Å². The van der Waals surface area contributed by atoms with Crippen molar-refractivity contribution in [3.05, 3.63) is 64.2 Å². The molecule has 1 saturated heterocycles. The average Bonchev–Trinajstić information content (AvgIpc) is 2.68. The fourth-order valence-electron chi connectivity index (χ4n) is 3.47. The third-order valence-electron chi connectivity index (χ3n) is 5.00. The van der Waals surface area contributed by atoms with Gasteiger partial charge in [0.05, 0.1) is 18.2 Å². The summed E-state index contributed by atoms with van der Waals surface area (Å²) in [5, 5.41) is 21.6. The van der Waals surface area contributed by atoms with Crippen LogP contribution >= 0.6 is 0 Å². The molecule has 0 atom stereocenters. The number of carbonyl (C=O) groups excluding carboxylic acids is 1. The zero-order chi connectivity index (χ0) is 18.7. The van der Waals surface area contributed by atoms with Crippen molar-refractivity contribution in [1.82, 2.24) is 5.32 Å². The molecule has 0 unspecified atom stereocenters. The average molecular weight is 346 g/mol. The number of benzene rings is 2. The molecule has 0 bridgehead atoms. The maximum absolute atomic E-state index is 12.2. The number of rotatable bonds is 3. The Balaban J connectivity index is 2.16. The summed E-state index contributed by atoms with van der Waals surface area (Å²) in [7, 11) is 0. The Morgan fingerprint density at radius 2 is 2.00 bits per heavy atom. The lowest BCUT2D eigenvalue weighted by Crippen LogP contribution is -2.31. The Bertz CT molecular complexity index is 918. The molecule has 0 aliphatic carbocycles. The molecule has 0 radical (unpaired) electrons. The minimum atomic E-state index is -0.00985. The molecule has 0 aromatic heterocycles. The number of hydrogen-bond acceptors (Lipinski definition) is 3. The first kappa shape index (κ1) is 17.9. The Morgan fingerprint density at radius 1 is 1.27 bits per heavy atom. The van der Waals surface area contributed by atoms with Crippen LogP contribution in [0.3, 0.4) is 0 Å². The Morgan fingerprint density at radius 3 is 2.62 bits per heavy atom. The van der Waals surface area contributed by atoms with Crippen molar-refractivity contribution in [2.24, 2.45) is 0 Å². The summed E-state index contributed by atoms with van der Waals surface area (Å²) in [6.45, 7) is 4.71. The van der Waals surface area contributed by atoms with Crippen LogP contribution in [0.15, 0.2) is 42.0 Å². The van der Waals surface area contributed by atoms with Crippen molar-refractivity contribution in [2.45, 2.75) is 33.3 Å². The zero-order valence-electron chi connectivity index (χ0n) is 15.1. The molecule has 0 saturated carbocycles. The van der Waals surface area contributed by atoms with Gasteiger partial charge in [0.2, 0.25) is 5.91 Å². The minimum absolute atomic E-state index is 0.00304. The van der Waals surface area contributed by atoms with E-state index < -0.39 is 0 Å². The van der Waals surface area contributed by atoms with Crippen LogP contribution in [-0.2, 0) is 11.4 Å². The normalized spacial score (nSPS) is 16.0. The molecule has 1 heterocycles. The summed E-state index contributed by atoms with van der Waals surface area (Å²) < 4.78 is 0. The van der Waals surface area contributed by atoms with Crippen molar-refractivity contribution in [3.63, 3.8) is 0 Å². The van der Waals surface area contributed by atoms with Crippen LogP contribution in [-0.4, -0.2) is 17.6 Å². The molecule has 0 spiro atoms. The fourth-order valence-corrected chi connectivity index (χ4v) is 3.47. The van der Waals surface area contributed by atoms with Crippen LogP contribution in [0.5, 0.6) is 0 Å². The lowest BCUT2D eigenvalue weighted by Gasteiger charge is -2.20. The maximum atomic E-state index is 12.2. The number of hydrogen-bond donors (Lipinski definition) is 2. The molecule has 4 nitrogen and oxygen atoms in total. The lowest BCUT2D eigenvalue weighted by atomic mass is 9.87. The van der Waals surface area contributed by atoms with Crippen molar-refractivity contribution in [1.29, 1.82) is 5.26 Å². The zero-order valence-corrected chi connectivity index (χ0v) is 15.1.